The van der Waals surface area contributed by atoms with Crippen molar-refractivity contribution in [2.45, 2.75) is 27.2 Å². The number of nitrogens with one attached hydrogen (secondary N) is 2. The maximum absolute atomic E-state index is 11.3. The molecular weight excluding hydrogens is 308 g/mol. The first-order valence-electron chi connectivity index (χ1n) is 7.76. The van der Waals surface area contributed by atoms with Gasteiger partial charge in [-0.1, -0.05) is 26.0 Å². The molecule has 0 aliphatic carbocycles. The molecule has 24 heavy (non-hydrogen) atoms. The van der Waals surface area contributed by atoms with Gasteiger partial charge in [-0.2, -0.15) is 9.97 Å². The van der Waals surface area contributed by atoms with Crippen LogP contribution in [0.3, 0.4) is 0 Å². The van der Waals surface area contributed by atoms with Crippen LogP contribution in [-0.2, 0) is 0 Å². The average Bonchev–Trinajstić information content (AvgIpc) is 2.46. The normalized spacial score (nSPS) is 10.7. The fourth-order valence-corrected chi connectivity index (χ4v) is 2.15. The van der Waals surface area contributed by atoms with Crippen molar-refractivity contribution in [3.8, 4) is 0 Å². The number of nitro groups is 1. The van der Waals surface area contributed by atoms with E-state index in [1.807, 2.05) is 25.1 Å². The molecule has 2 rings (SSSR count). The minimum absolute atomic E-state index is 0.0742. The molecule has 1 aromatic carbocycles. The summed E-state index contributed by atoms with van der Waals surface area (Å²) < 4.78 is 0. The zero-order valence-corrected chi connectivity index (χ0v) is 14.0. The highest BCUT2D eigenvalue weighted by molar-refractivity contribution is 5.74. The van der Waals surface area contributed by atoms with E-state index in [9.17, 15) is 10.1 Å². The molecule has 1 aromatic heterocycles. The Labute approximate surface area is 140 Å². The zero-order chi connectivity index (χ0) is 17.7. The quantitative estimate of drug-likeness (QED) is 0.525. The molecule has 0 spiro atoms. The van der Waals surface area contributed by atoms with Gasteiger partial charge in [0.15, 0.2) is 0 Å². The van der Waals surface area contributed by atoms with Crippen LogP contribution in [-0.4, -0.2) is 21.4 Å². The second kappa shape index (κ2) is 7.58. The van der Waals surface area contributed by atoms with E-state index in [1.165, 1.54) is 0 Å². The summed E-state index contributed by atoms with van der Waals surface area (Å²) in [5.74, 6) is 0.703. The lowest BCUT2D eigenvalue weighted by atomic mass is 10.1. The topological polar surface area (TPSA) is 119 Å². The van der Waals surface area contributed by atoms with Gasteiger partial charge in [0, 0.05) is 12.2 Å². The highest BCUT2D eigenvalue weighted by atomic mass is 16.6. The Morgan fingerprint density at radius 1 is 1.33 bits per heavy atom. The maximum atomic E-state index is 11.3. The minimum atomic E-state index is -0.578. The van der Waals surface area contributed by atoms with Crippen LogP contribution in [0.4, 0.5) is 29.0 Å². The first-order valence-corrected chi connectivity index (χ1v) is 7.76. The molecule has 0 aliphatic rings. The molecule has 2 aromatic rings. The Morgan fingerprint density at radius 3 is 2.71 bits per heavy atom. The van der Waals surface area contributed by atoms with E-state index < -0.39 is 4.92 Å². The Balaban J connectivity index is 2.31. The molecule has 0 aliphatic heterocycles. The number of nitrogen functional groups attached to an aromatic ring is 1. The SMILES string of the molecule is Cc1cccc(Nc2nc(NCCC(C)C)nc(N)c2[N+](=O)[O-])c1. The summed E-state index contributed by atoms with van der Waals surface area (Å²) in [6, 6.07) is 7.47. The largest absolute Gasteiger partial charge is 0.378 e. The van der Waals surface area contributed by atoms with Crippen molar-refractivity contribution in [2.75, 3.05) is 22.9 Å². The Morgan fingerprint density at radius 2 is 2.08 bits per heavy atom. The highest BCUT2D eigenvalue weighted by Gasteiger charge is 2.23. The van der Waals surface area contributed by atoms with E-state index in [4.69, 9.17) is 5.73 Å². The number of benzene rings is 1. The molecule has 0 radical (unpaired) electrons. The molecule has 0 bridgehead atoms. The number of aryl methyl sites for hydroxylation is 1. The molecule has 4 N–H and O–H groups in total. The van der Waals surface area contributed by atoms with Gasteiger partial charge in [-0.15, -0.1) is 0 Å². The Kier molecular flexibility index (Phi) is 5.51. The predicted molar refractivity (Wildman–Crippen MR) is 95.5 cm³/mol. The van der Waals surface area contributed by atoms with E-state index in [0.29, 0.717) is 18.2 Å². The average molecular weight is 330 g/mol. The third-order valence-corrected chi connectivity index (χ3v) is 3.38. The monoisotopic (exact) mass is 330 g/mol. The fraction of sp³-hybridized carbons (Fsp3) is 0.375. The van der Waals surface area contributed by atoms with Crippen molar-refractivity contribution in [1.29, 1.82) is 0 Å². The van der Waals surface area contributed by atoms with Gasteiger partial charge in [-0.3, -0.25) is 10.1 Å². The standard InChI is InChI=1S/C16H22N6O2/c1-10(2)7-8-18-16-20-14(17)13(22(23)24)15(21-16)19-12-6-4-5-11(3)9-12/h4-6,9-10H,7-8H2,1-3H3,(H4,17,18,19,20,21). The van der Waals surface area contributed by atoms with E-state index in [0.717, 1.165) is 12.0 Å². The zero-order valence-electron chi connectivity index (χ0n) is 14.0. The summed E-state index contributed by atoms with van der Waals surface area (Å²) in [6.45, 7) is 6.82. The molecule has 0 atom stereocenters. The summed E-state index contributed by atoms with van der Waals surface area (Å²) in [4.78, 5) is 18.9. The van der Waals surface area contributed by atoms with Crippen LogP contribution in [0.15, 0.2) is 24.3 Å². The van der Waals surface area contributed by atoms with Gasteiger partial charge >= 0.3 is 5.69 Å². The molecule has 0 amide bonds. The molecule has 0 saturated heterocycles. The number of anilines is 4. The second-order valence-electron chi connectivity index (χ2n) is 5.99. The van der Waals surface area contributed by atoms with E-state index in [1.54, 1.807) is 6.07 Å². The van der Waals surface area contributed by atoms with Gasteiger partial charge in [0.1, 0.15) is 0 Å². The van der Waals surface area contributed by atoms with Crippen LogP contribution >= 0.6 is 0 Å². The number of aromatic nitrogens is 2. The van der Waals surface area contributed by atoms with Crippen LogP contribution in [0.2, 0.25) is 0 Å². The van der Waals surface area contributed by atoms with Crippen molar-refractivity contribution in [2.24, 2.45) is 5.92 Å². The molecular formula is C16H22N6O2. The van der Waals surface area contributed by atoms with Gasteiger partial charge < -0.3 is 16.4 Å². The number of hydrogen-bond donors (Lipinski definition) is 3. The van der Waals surface area contributed by atoms with E-state index >= 15 is 0 Å². The predicted octanol–water partition coefficient (Wildman–Crippen LogP) is 3.48. The van der Waals surface area contributed by atoms with Gasteiger partial charge in [-0.25, -0.2) is 0 Å². The molecule has 0 fully saturated rings. The second-order valence-corrected chi connectivity index (χ2v) is 5.99. The summed E-state index contributed by atoms with van der Waals surface area (Å²) in [5.41, 5.74) is 7.16. The van der Waals surface area contributed by atoms with Gasteiger partial charge in [0.25, 0.3) is 0 Å². The third kappa shape index (κ3) is 4.55. The van der Waals surface area contributed by atoms with Crippen LogP contribution < -0.4 is 16.4 Å². The lowest BCUT2D eigenvalue weighted by molar-refractivity contribution is -0.383. The molecule has 8 nitrogen and oxygen atoms in total. The molecule has 1 heterocycles. The Hall–Kier alpha value is -2.90. The van der Waals surface area contributed by atoms with Crippen LogP contribution in [0.25, 0.3) is 0 Å². The van der Waals surface area contributed by atoms with E-state index in [2.05, 4.69) is 34.4 Å². The summed E-state index contributed by atoms with van der Waals surface area (Å²) >= 11 is 0. The molecule has 0 unspecified atom stereocenters. The number of rotatable bonds is 7. The summed E-state index contributed by atoms with van der Waals surface area (Å²) in [5, 5.41) is 17.3. The van der Waals surface area contributed by atoms with Crippen LogP contribution in [0.1, 0.15) is 25.8 Å². The minimum Gasteiger partial charge on any atom is -0.378 e. The lowest BCUT2D eigenvalue weighted by Crippen LogP contribution is -2.12. The summed E-state index contributed by atoms with van der Waals surface area (Å²) in [7, 11) is 0. The number of hydrogen-bond acceptors (Lipinski definition) is 7. The smallest absolute Gasteiger partial charge is 0.353 e. The summed E-state index contributed by atoms with van der Waals surface area (Å²) in [6.07, 6.45) is 0.931. The molecule has 128 valence electrons. The van der Waals surface area contributed by atoms with Crippen molar-refractivity contribution in [1.82, 2.24) is 9.97 Å². The maximum Gasteiger partial charge on any atom is 0.353 e. The number of nitrogens with zero attached hydrogens (tertiary/aromatic N) is 3. The van der Waals surface area contributed by atoms with Crippen molar-refractivity contribution >= 4 is 29.0 Å². The molecule has 8 heteroatoms. The highest BCUT2D eigenvalue weighted by Crippen LogP contribution is 2.31. The van der Waals surface area contributed by atoms with E-state index in [-0.39, 0.29) is 23.3 Å². The lowest BCUT2D eigenvalue weighted by Gasteiger charge is -2.11. The Bertz CT molecular complexity index is 733. The van der Waals surface area contributed by atoms with Crippen LogP contribution in [0, 0.1) is 23.0 Å². The third-order valence-electron chi connectivity index (χ3n) is 3.38. The van der Waals surface area contributed by atoms with Gasteiger partial charge in [-0.05, 0) is 37.0 Å². The molecule has 0 saturated carbocycles. The number of nitrogens with two attached hydrogens (primary N) is 1. The van der Waals surface area contributed by atoms with Crippen molar-refractivity contribution in [3.63, 3.8) is 0 Å². The first kappa shape index (κ1) is 17.5. The van der Waals surface area contributed by atoms with Crippen LogP contribution in [0.5, 0.6) is 0 Å². The van der Waals surface area contributed by atoms with Crippen molar-refractivity contribution in [3.05, 3.63) is 39.9 Å². The first-order chi connectivity index (χ1) is 11.4. The van der Waals surface area contributed by atoms with Gasteiger partial charge in [0.05, 0.1) is 4.92 Å². The fourth-order valence-electron chi connectivity index (χ4n) is 2.15. The van der Waals surface area contributed by atoms with Crippen molar-refractivity contribution < 1.29 is 4.92 Å². The van der Waals surface area contributed by atoms with Gasteiger partial charge in [0.2, 0.25) is 17.6 Å².